The molecule has 0 heterocycles. The number of carbonyl (C=O) groups excluding carboxylic acids is 2. The minimum absolute atomic E-state index is 0.00731. The lowest BCUT2D eigenvalue weighted by Gasteiger charge is -2.61. The van der Waals surface area contributed by atoms with E-state index in [1.165, 1.54) is 6.42 Å². The van der Waals surface area contributed by atoms with E-state index in [2.05, 4.69) is 53.0 Å². The minimum atomic E-state index is -0.623. The molecule has 0 aromatic rings. The fraction of sp³-hybridized carbons (Fsp3) is 0.871. The molecule has 3 unspecified atom stereocenters. The Hall–Kier alpha value is -0.850. The van der Waals surface area contributed by atoms with E-state index in [4.69, 9.17) is 4.74 Å². The minimum Gasteiger partial charge on any atom is -0.461 e. The number of nitrogens with zero attached hydrogens (tertiary/aromatic N) is 1. The third-order valence-corrected chi connectivity index (χ3v) is 13.0. The smallest absolute Gasteiger partial charge is 0.316 e. The lowest BCUT2D eigenvalue weighted by Crippen LogP contribution is -2.63. The average molecular weight is 534 g/mol. The number of ketones is 1. The third-order valence-electron chi connectivity index (χ3n) is 11.7. The van der Waals surface area contributed by atoms with Crippen molar-refractivity contribution in [3.05, 3.63) is 12.7 Å². The first-order valence-corrected chi connectivity index (χ1v) is 15.9. The summed E-state index contributed by atoms with van der Waals surface area (Å²) >= 11 is 1.74. The number of esters is 1. The van der Waals surface area contributed by atoms with E-state index in [1.54, 1.807) is 11.8 Å². The molecule has 2 bridgehead atoms. The summed E-state index contributed by atoms with van der Waals surface area (Å²) in [5.41, 5.74) is -1.25. The third kappa shape index (κ3) is 4.86. The van der Waals surface area contributed by atoms with Crippen LogP contribution in [-0.4, -0.2) is 64.1 Å². The molecule has 0 spiro atoms. The van der Waals surface area contributed by atoms with Gasteiger partial charge in [-0.3, -0.25) is 9.59 Å². The van der Waals surface area contributed by atoms with Crippen LogP contribution < -0.4 is 0 Å². The molecule has 4 aliphatic carbocycles. The highest BCUT2D eigenvalue weighted by Crippen LogP contribution is 2.68. The number of ether oxygens (including phenoxy) is 1. The summed E-state index contributed by atoms with van der Waals surface area (Å²) in [5.74, 6) is 0.568. The van der Waals surface area contributed by atoms with Crippen LogP contribution in [0.1, 0.15) is 92.9 Å². The molecule has 1 N–H and O–H groups in total. The molecule has 210 valence electrons. The maximum absolute atomic E-state index is 13.5. The second-order valence-corrected chi connectivity index (χ2v) is 14.5. The summed E-state index contributed by atoms with van der Waals surface area (Å²) in [6.07, 6.45) is 8.17. The first kappa shape index (κ1) is 29.1. The Labute approximate surface area is 229 Å². The molecular formula is C31H51NO4S. The second-order valence-electron chi connectivity index (χ2n) is 13.2. The zero-order valence-electron chi connectivity index (χ0n) is 24.1. The van der Waals surface area contributed by atoms with Gasteiger partial charge in [0.15, 0.2) is 0 Å². The Morgan fingerprint density at radius 2 is 1.89 bits per heavy atom. The van der Waals surface area contributed by atoms with Crippen LogP contribution in [0.4, 0.5) is 0 Å². The van der Waals surface area contributed by atoms with Gasteiger partial charge >= 0.3 is 5.97 Å². The molecule has 0 aromatic heterocycles. The van der Waals surface area contributed by atoms with Crippen molar-refractivity contribution in [1.82, 2.24) is 4.90 Å². The Balaban J connectivity index is 1.55. The van der Waals surface area contributed by atoms with E-state index in [-0.39, 0.29) is 29.1 Å². The van der Waals surface area contributed by atoms with E-state index < -0.39 is 23.0 Å². The number of aliphatic hydroxyl groups excluding tert-OH is 1. The van der Waals surface area contributed by atoms with Crippen LogP contribution in [0.15, 0.2) is 12.7 Å². The quantitative estimate of drug-likeness (QED) is 0.310. The van der Waals surface area contributed by atoms with Crippen LogP contribution >= 0.6 is 11.8 Å². The van der Waals surface area contributed by atoms with Gasteiger partial charge < -0.3 is 14.7 Å². The Morgan fingerprint density at radius 1 is 1.19 bits per heavy atom. The molecular weight excluding hydrogens is 482 g/mol. The lowest BCUT2D eigenvalue weighted by molar-refractivity contribution is -0.205. The van der Waals surface area contributed by atoms with Gasteiger partial charge in [-0.05, 0) is 75.3 Å². The molecule has 4 aliphatic rings. The molecule has 4 rings (SSSR count). The van der Waals surface area contributed by atoms with Gasteiger partial charge in [-0.2, -0.15) is 0 Å². The molecule has 5 nitrogen and oxygen atoms in total. The van der Waals surface area contributed by atoms with Gasteiger partial charge in [0.1, 0.15) is 11.9 Å². The van der Waals surface area contributed by atoms with Crippen LogP contribution in [0.25, 0.3) is 0 Å². The summed E-state index contributed by atoms with van der Waals surface area (Å²) < 4.78 is 6.42. The zero-order chi connectivity index (χ0) is 27.2. The van der Waals surface area contributed by atoms with Crippen molar-refractivity contribution < 1.29 is 19.4 Å². The van der Waals surface area contributed by atoms with Gasteiger partial charge in [-0.25, -0.2) is 0 Å². The van der Waals surface area contributed by atoms with E-state index in [9.17, 15) is 14.7 Å². The predicted molar refractivity (Wildman–Crippen MR) is 151 cm³/mol. The number of thioether (sulfide) groups is 1. The molecule has 4 fully saturated rings. The second kappa shape index (κ2) is 11.0. The van der Waals surface area contributed by atoms with Crippen LogP contribution in [0.2, 0.25) is 0 Å². The lowest BCUT2D eigenvalue weighted by atomic mass is 9.44. The highest BCUT2D eigenvalue weighted by Gasteiger charge is 2.68. The Kier molecular flexibility index (Phi) is 8.63. The molecule has 37 heavy (non-hydrogen) atoms. The van der Waals surface area contributed by atoms with Crippen LogP contribution in [-0.2, 0) is 14.3 Å². The first-order chi connectivity index (χ1) is 17.5. The zero-order valence-corrected chi connectivity index (χ0v) is 24.9. The molecule has 0 aromatic carbocycles. The van der Waals surface area contributed by atoms with Crippen LogP contribution in [0, 0.1) is 34.0 Å². The Morgan fingerprint density at radius 3 is 2.54 bits per heavy atom. The van der Waals surface area contributed by atoms with Gasteiger partial charge in [-0.15, -0.1) is 18.3 Å². The summed E-state index contributed by atoms with van der Waals surface area (Å²) in [6, 6.07) is 0.620. The largest absolute Gasteiger partial charge is 0.461 e. The summed E-state index contributed by atoms with van der Waals surface area (Å²) in [6.45, 7) is 19.4. The fourth-order valence-corrected chi connectivity index (χ4v) is 10.1. The van der Waals surface area contributed by atoms with Gasteiger partial charge in [0.05, 0.1) is 11.9 Å². The fourth-order valence-electron chi connectivity index (χ4n) is 9.02. The van der Waals surface area contributed by atoms with E-state index in [0.717, 1.165) is 45.2 Å². The summed E-state index contributed by atoms with van der Waals surface area (Å²) in [5, 5.41) is 12.2. The molecule has 0 aliphatic heterocycles. The highest BCUT2D eigenvalue weighted by molar-refractivity contribution is 8.00. The van der Waals surface area contributed by atoms with E-state index in [0.29, 0.717) is 35.7 Å². The van der Waals surface area contributed by atoms with E-state index >= 15 is 0 Å². The normalized spacial score (nSPS) is 45.8. The van der Waals surface area contributed by atoms with Gasteiger partial charge in [-0.1, -0.05) is 47.6 Å². The highest BCUT2D eigenvalue weighted by atomic mass is 32.2. The summed E-state index contributed by atoms with van der Waals surface area (Å²) in [4.78, 5) is 29.5. The van der Waals surface area contributed by atoms with E-state index in [1.807, 2.05) is 6.08 Å². The molecule has 10 atom stereocenters. The maximum Gasteiger partial charge on any atom is 0.316 e. The topological polar surface area (TPSA) is 66.8 Å². The van der Waals surface area contributed by atoms with Crippen molar-refractivity contribution in [2.24, 2.45) is 34.0 Å². The standard InChI is InChI=1S/C31H51NO4S/c1-8-29(6)18-25(36-26(34)19-37-23-12-11-22(17-23)32(9-2)10-3)30(7)20(4)13-15-31(21(5)28(29)35)16-14-24(33)27(30)31/h8,20-23,25,27-28,35H,1,9-19H2,2-7H3/t20-,21+,22?,23?,25-,27+,28+,29-,30+,31?/m1/s1. The molecule has 4 saturated carbocycles. The van der Waals surface area contributed by atoms with Gasteiger partial charge in [0, 0.05) is 34.5 Å². The van der Waals surface area contributed by atoms with Crippen LogP contribution in [0.5, 0.6) is 0 Å². The number of aliphatic hydroxyl groups is 1. The number of hydrogen-bond acceptors (Lipinski definition) is 6. The van der Waals surface area contributed by atoms with Crippen LogP contribution in [0.3, 0.4) is 0 Å². The SMILES string of the molecule is C=C[C@]1(C)C[C@@H](OC(=O)CSC2CCC(N(CC)CC)C2)[C@]2(C)[C@H](C)CCC3(CCC(=O)[C@H]32)[C@@H](C)[C@@H]1O. The summed E-state index contributed by atoms with van der Waals surface area (Å²) in [7, 11) is 0. The number of hydrogen-bond donors (Lipinski definition) is 1. The molecule has 0 saturated heterocycles. The first-order valence-electron chi connectivity index (χ1n) is 14.9. The number of carbonyl (C=O) groups is 2. The van der Waals surface area contributed by atoms with Crippen molar-refractivity contribution >= 4 is 23.5 Å². The number of rotatable bonds is 8. The van der Waals surface area contributed by atoms with Crippen molar-refractivity contribution in [2.75, 3.05) is 18.8 Å². The molecule has 0 amide bonds. The van der Waals surface area contributed by atoms with Gasteiger partial charge in [0.25, 0.3) is 0 Å². The van der Waals surface area contributed by atoms with Crippen molar-refractivity contribution in [3.8, 4) is 0 Å². The molecule has 0 radical (unpaired) electrons. The Bertz CT molecular complexity index is 875. The number of Topliss-reactive ketones (excluding diaryl/α,β-unsaturated/α-hetero) is 1. The van der Waals surface area contributed by atoms with Crippen molar-refractivity contribution in [2.45, 2.75) is 116 Å². The van der Waals surface area contributed by atoms with Crippen molar-refractivity contribution in [3.63, 3.8) is 0 Å². The van der Waals surface area contributed by atoms with Crippen molar-refractivity contribution in [1.29, 1.82) is 0 Å². The van der Waals surface area contributed by atoms with Gasteiger partial charge in [0.2, 0.25) is 0 Å². The predicted octanol–water partition coefficient (Wildman–Crippen LogP) is 5.89. The molecule has 6 heteroatoms. The maximum atomic E-state index is 13.5. The monoisotopic (exact) mass is 533 g/mol. The average Bonchev–Trinajstić information content (AvgIpc) is 3.49.